The smallest absolute Gasteiger partial charge is 0.351 e. The van der Waals surface area contributed by atoms with Crippen molar-refractivity contribution in [2.24, 2.45) is 0 Å². The average Bonchev–Trinajstić information content (AvgIpc) is 2.39. The first kappa shape index (κ1) is 16.3. The number of benzene rings is 1. The Hall–Kier alpha value is -2.09. The summed E-state index contributed by atoms with van der Waals surface area (Å²) < 4.78 is 38.2. The minimum absolute atomic E-state index is 0.0903. The van der Waals surface area contributed by atoms with Gasteiger partial charge in [0.1, 0.15) is 0 Å². The minimum atomic E-state index is -4.45. The molecular formula is C13H13ClF3N5. The fourth-order valence-corrected chi connectivity index (χ4v) is 1.78. The van der Waals surface area contributed by atoms with E-state index in [2.05, 4.69) is 25.8 Å². The molecule has 0 radical (unpaired) electrons. The molecule has 0 saturated carbocycles. The third kappa shape index (κ3) is 4.20. The Labute approximate surface area is 129 Å². The van der Waals surface area contributed by atoms with Gasteiger partial charge >= 0.3 is 6.18 Å². The van der Waals surface area contributed by atoms with E-state index >= 15 is 0 Å². The Balaban J connectivity index is 2.27. The van der Waals surface area contributed by atoms with Crippen LogP contribution < -0.4 is 10.6 Å². The average molecular weight is 332 g/mol. The number of rotatable bonds is 4. The molecule has 118 valence electrons. The Bertz CT molecular complexity index is 660. The van der Waals surface area contributed by atoms with Crippen LogP contribution in [0.5, 0.6) is 0 Å². The summed E-state index contributed by atoms with van der Waals surface area (Å²) >= 11 is 5.91. The summed E-state index contributed by atoms with van der Waals surface area (Å²) in [5.74, 6) is 0.502. The second kappa shape index (κ2) is 6.35. The van der Waals surface area contributed by atoms with E-state index in [0.29, 0.717) is 0 Å². The lowest BCUT2D eigenvalue weighted by molar-refractivity contribution is -0.137. The monoisotopic (exact) mass is 331 g/mol. The summed E-state index contributed by atoms with van der Waals surface area (Å²) in [6, 6.07) is 3.10. The first-order chi connectivity index (χ1) is 10.3. The van der Waals surface area contributed by atoms with Crippen LogP contribution in [0.2, 0.25) is 5.02 Å². The molecule has 2 rings (SSSR count). The number of hydrogen-bond donors (Lipinski definition) is 2. The van der Waals surface area contributed by atoms with Crippen molar-refractivity contribution in [2.75, 3.05) is 10.6 Å². The molecule has 22 heavy (non-hydrogen) atoms. The van der Waals surface area contributed by atoms with Crippen LogP contribution in [-0.4, -0.2) is 21.2 Å². The van der Waals surface area contributed by atoms with Crippen LogP contribution in [0, 0.1) is 0 Å². The molecule has 5 nitrogen and oxygen atoms in total. The molecule has 0 amide bonds. The van der Waals surface area contributed by atoms with Crippen molar-refractivity contribution in [3.63, 3.8) is 0 Å². The molecule has 0 unspecified atom stereocenters. The molecule has 0 saturated heterocycles. The molecule has 0 aliphatic rings. The summed E-state index contributed by atoms with van der Waals surface area (Å²) in [6.07, 6.45) is -3.16. The van der Waals surface area contributed by atoms with Crippen LogP contribution in [0.15, 0.2) is 24.4 Å². The Morgan fingerprint density at radius 3 is 2.59 bits per heavy atom. The molecule has 0 atom stereocenters. The van der Waals surface area contributed by atoms with Crippen LogP contribution in [0.1, 0.15) is 19.4 Å². The second-order valence-electron chi connectivity index (χ2n) is 4.78. The van der Waals surface area contributed by atoms with Crippen molar-refractivity contribution >= 4 is 29.1 Å². The van der Waals surface area contributed by atoms with Gasteiger partial charge in [0.2, 0.25) is 5.95 Å². The van der Waals surface area contributed by atoms with Crippen LogP contribution in [0.3, 0.4) is 0 Å². The van der Waals surface area contributed by atoms with E-state index in [-0.39, 0.29) is 28.5 Å². The van der Waals surface area contributed by atoms with Gasteiger partial charge in [-0.05, 0) is 32.0 Å². The number of halogens is 4. The van der Waals surface area contributed by atoms with Gasteiger partial charge in [0.05, 0.1) is 22.5 Å². The van der Waals surface area contributed by atoms with Crippen molar-refractivity contribution in [3.8, 4) is 0 Å². The van der Waals surface area contributed by atoms with E-state index in [1.807, 2.05) is 13.8 Å². The number of hydrogen-bond acceptors (Lipinski definition) is 5. The normalized spacial score (nSPS) is 11.6. The molecule has 0 aliphatic carbocycles. The molecule has 1 aromatic carbocycles. The third-order valence-electron chi connectivity index (χ3n) is 2.53. The molecular weight excluding hydrogens is 319 g/mol. The lowest BCUT2D eigenvalue weighted by atomic mass is 10.2. The number of nitrogens with one attached hydrogen (secondary N) is 2. The molecule has 1 aromatic heterocycles. The van der Waals surface area contributed by atoms with E-state index in [4.69, 9.17) is 11.6 Å². The standard InChI is InChI=1S/C13H13ClF3N5/c1-7(2)19-12-21-11(6-18-22-12)20-10-5-8(13(15,16)17)3-4-9(10)14/h3-7H,1-2H3,(H2,19,20,21,22). The van der Waals surface area contributed by atoms with Crippen LogP contribution in [0.25, 0.3) is 0 Å². The van der Waals surface area contributed by atoms with E-state index in [1.165, 1.54) is 12.3 Å². The molecule has 0 bridgehead atoms. The van der Waals surface area contributed by atoms with Gasteiger partial charge in [0.15, 0.2) is 5.82 Å². The zero-order valence-corrected chi connectivity index (χ0v) is 12.5. The van der Waals surface area contributed by atoms with Gasteiger partial charge in [-0.3, -0.25) is 0 Å². The van der Waals surface area contributed by atoms with Crippen LogP contribution >= 0.6 is 11.6 Å². The maximum Gasteiger partial charge on any atom is 0.416 e. The summed E-state index contributed by atoms with van der Waals surface area (Å²) in [5, 5.41) is 13.3. The fraction of sp³-hybridized carbons (Fsp3) is 0.308. The maximum absolute atomic E-state index is 12.7. The predicted molar refractivity (Wildman–Crippen MR) is 78.3 cm³/mol. The van der Waals surface area contributed by atoms with E-state index in [9.17, 15) is 13.2 Å². The SMILES string of the molecule is CC(C)Nc1nncc(Nc2cc(C(F)(F)F)ccc2Cl)n1. The number of aromatic nitrogens is 3. The van der Waals surface area contributed by atoms with Gasteiger partial charge in [-0.1, -0.05) is 11.6 Å². The highest BCUT2D eigenvalue weighted by molar-refractivity contribution is 6.33. The summed E-state index contributed by atoms with van der Waals surface area (Å²) in [5.41, 5.74) is -0.713. The maximum atomic E-state index is 12.7. The zero-order valence-electron chi connectivity index (χ0n) is 11.7. The number of anilines is 3. The van der Waals surface area contributed by atoms with Crippen molar-refractivity contribution in [3.05, 3.63) is 35.0 Å². The molecule has 1 heterocycles. The van der Waals surface area contributed by atoms with Crippen molar-refractivity contribution in [2.45, 2.75) is 26.1 Å². The second-order valence-corrected chi connectivity index (χ2v) is 5.19. The first-order valence-electron chi connectivity index (χ1n) is 6.36. The van der Waals surface area contributed by atoms with Crippen LogP contribution in [0.4, 0.5) is 30.6 Å². The minimum Gasteiger partial charge on any atom is -0.351 e. The van der Waals surface area contributed by atoms with Crippen molar-refractivity contribution in [1.82, 2.24) is 15.2 Å². The largest absolute Gasteiger partial charge is 0.416 e. The summed E-state index contributed by atoms with van der Waals surface area (Å²) in [7, 11) is 0. The predicted octanol–water partition coefficient (Wildman–Crippen LogP) is 4.11. The molecule has 2 N–H and O–H groups in total. The number of nitrogens with zero attached hydrogens (tertiary/aromatic N) is 3. The molecule has 2 aromatic rings. The molecule has 9 heteroatoms. The Kier molecular flexibility index (Phi) is 4.70. The van der Waals surface area contributed by atoms with Crippen LogP contribution in [-0.2, 0) is 6.18 Å². The first-order valence-corrected chi connectivity index (χ1v) is 6.73. The highest BCUT2D eigenvalue weighted by atomic mass is 35.5. The van der Waals surface area contributed by atoms with Crippen molar-refractivity contribution in [1.29, 1.82) is 0 Å². The van der Waals surface area contributed by atoms with Gasteiger partial charge in [-0.25, -0.2) is 0 Å². The van der Waals surface area contributed by atoms with Crippen molar-refractivity contribution < 1.29 is 13.2 Å². The van der Waals surface area contributed by atoms with E-state index < -0.39 is 11.7 Å². The highest BCUT2D eigenvalue weighted by Crippen LogP contribution is 2.34. The van der Waals surface area contributed by atoms with Gasteiger partial charge in [-0.2, -0.15) is 23.3 Å². The van der Waals surface area contributed by atoms with E-state index in [0.717, 1.165) is 12.1 Å². The lowest BCUT2D eigenvalue weighted by Crippen LogP contribution is -2.13. The van der Waals surface area contributed by atoms with Gasteiger partial charge in [0.25, 0.3) is 0 Å². The summed E-state index contributed by atoms with van der Waals surface area (Å²) in [6.45, 7) is 3.79. The van der Waals surface area contributed by atoms with E-state index in [1.54, 1.807) is 0 Å². The Morgan fingerprint density at radius 2 is 1.95 bits per heavy atom. The van der Waals surface area contributed by atoms with Gasteiger partial charge in [0, 0.05) is 6.04 Å². The molecule has 0 aliphatic heterocycles. The third-order valence-corrected chi connectivity index (χ3v) is 2.86. The topological polar surface area (TPSA) is 62.7 Å². The fourth-order valence-electron chi connectivity index (χ4n) is 1.62. The molecule has 0 fully saturated rings. The summed E-state index contributed by atoms with van der Waals surface area (Å²) in [4.78, 5) is 4.11. The zero-order chi connectivity index (χ0) is 16.3. The lowest BCUT2D eigenvalue weighted by Gasteiger charge is -2.12. The van der Waals surface area contributed by atoms with Gasteiger partial charge < -0.3 is 10.6 Å². The number of alkyl halides is 3. The van der Waals surface area contributed by atoms with Gasteiger partial charge in [-0.15, -0.1) is 5.10 Å². The quantitative estimate of drug-likeness (QED) is 0.883. The highest BCUT2D eigenvalue weighted by Gasteiger charge is 2.31. The Morgan fingerprint density at radius 1 is 1.23 bits per heavy atom. The molecule has 0 spiro atoms.